The van der Waals surface area contributed by atoms with Crippen molar-refractivity contribution in [2.24, 2.45) is 0 Å². The van der Waals surface area contributed by atoms with Crippen LogP contribution in [0.5, 0.6) is 0 Å². The smallest absolute Gasteiger partial charge is 0.175 e. The van der Waals surface area contributed by atoms with Gasteiger partial charge in [-0.15, -0.1) is 11.3 Å². The first-order valence-corrected chi connectivity index (χ1v) is 5.37. The van der Waals surface area contributed by atoms with E-state index in [2.05, 4.69) is 19.0 Å². The lowest BCUT2D eigenvalue weighted by atomic mass is 10.1. The lowest BCUT2D eigenvalue weighted by molar-refractivity contribution is 0.374. The van der Waals surface area contributed by atoms with Gasteiger partial charge in [-0.1, -0.05) is 25.1 Å². The molecule has 2 aromatic heterocycles. The normalized spacial score (nSPS) is 11.1. The summed E-state index contributed by atoms with van der Waals surface area (Å²) in [4.78, 5) is 1.12. The summed E-state index contributed by atoms with van der Waals surface area (Å²) in [7, 11) is 0. The number of anilines is 1. The number of thiophene rings is 1. The predicted molar refractivity (Wildman–Crippen MR) is 58.3 cm³/mol. The fraction of sp³-hybridized carbons (Fsp3) is 0.300. The Kier molecular flexibility index (Phi) is 2.29. The van der Waals surface area contributed by atoms with Crippen molar-refractivity contribution in [2.45, 2.75) is 19.8 Å². The van der Waals surface area contributed by atoms with Crippen molar-refractivity contribution in [1.29, 1.82) is 0 Å². The van der Waals surface area contributed by atoms with E-state index in [1.807, 2.05) is 17.5 Å². The maximum Gasteiger partial charge on any atom is 0.175 e. The topological polar surface area (TPSA) is 52.0 Å². The van der Waals surface area contributed by atoms with Crippen molar-refractivity contribution in [2.75, 3.05) is 5.73 Å². The number of nitrogens with two attached hydrogens (primary N) is 1. The molecule has 2 rings (SSSR count). The lowest BCUT2D eigenvalue weighted by Crippen LogP contribution is -1.90. The van der Waals surface area contributed by atoms with E-state index in [4.69, 9.17) is 10.3 Å². The molecule has 0 amide bonds. The Bertz CT molecular complexity index is 417. The van der Waals surface area contributed by atoms with Gasteiger partial charge in [-0.25, -0.2) is 0 Å². The Balaban J connectivity index is 2.56. The summed E-state index contributed by atoms with van der Waals surface area (Å²) in [5.41, 5.74) is 6.73. The molecule has 0 unspecified atom stereocenters. The van der Waals surface area contributed by atoms with Gasteiger partial charge in [-0.2, -0.15) is 0 Å². The second kappa shape index (κ2) is 3.46. The third-order valence-corrected chi connectivity index (χ3v) is 2.92. The second-order valence-electron chi connectivity index (χ2n) is 3.44. The Hall–Kier alpha value is -1.29. The molecule has 2 aromatic rings. The fourth-order valence-electron chi connectivity index (χ4n) is 1.38. The molecule has 2 N–H and O–H groups in total. The van der Waals surface area contributed by atoms with Crippen LogP contribution >= 0.6 is 11.3 Å². The van der Waals surface area contributed by atoms with Crippen LogP contribution in [0.3, 0.4) is 0 Å². The zero-order valence-corrected chi connectivity index (χ0v) is 8.97. The average molecular weight is 208 g/mol. The minimum absolute atomic E-state index is 0.303. The summed E-state index contributed by atoms with van der Waals surface area (Å²) >= 11 is 1.65. The summed E-state index contributed by atoms with van der Waals surface area (Å²) < 4.78 is 5.21. The number of nitrogens with zero attached hydrogens (tertiary/aromatic N) is 1. The number of hydrogen-bond acceptors (Lipinski definition) is 4. The van der Waals surface area contributed by atoms with E-state index in [9.17, 15) is 0 Å². The summed E-state index contributed by atoms with van der Waals surface area (Å²) in [6.07, 6.45) is 0. The van der Waals surface area contributed by atoms with Crippen LogP contribution in [-0.2, 0) is 0 Å². The molecule has 0 saturated heterocycles. The highest BCUT2D eigenvalue weighted by Gasteiger charge is 2.18. The molecule has 0 aliphatic heterocycles. The molecule has 4 heteroatoms. The van der Waals surface area contributed by atoms with E-state index in [-0.39, 0.29) is 0 Å². The van der Waals surface area contributed by atoms with Crippen LogP contribution in [0.15, 0.2) is 22.0 Å². The molecule has 0 aliphatic carbocycles. The van der Waals surface area contributed by atoms with Gasteiger partial charge in [0.15, 0.2) is 5.82 Å². The Morgan fingerprint density at radius 1 is 1.50 bits per heavy atom. The summed E-state index contributed by atoms with van der Waals surface area (Å²) in [6.45, 7) is 4.13. The van der Waals surface area contributed by atoms with E-state index >= 15 is 0 Å². The van der Waals surface area contributed by atoms with Crippen molar-refractivity contribution in [3.8, 4) is 10.4 Å². The van der Waals surface area contributed by atoms with Crippen LogP contribution in [-0.4, -0.2) is 5.16 Å². The molecule has 0 bridgehead atoms. The van der Waals surface area contributed by atoms with Crippen LogP contribution in [0, 0.1) is 0 Å². The van der Waals surface area contributed by atoms with Gasteiger partial charge >= 0.3 is 0 Å². The van der Waals surface area contributed by atoms with Gasteiger partial charge < -0.3 is 10.3 Å². The Labute approximate surface area is 86.5 Å². The molecule has 0 atom stereocenters. The number of hydrogen-bond donors (Lipinski definition) is 1. The Morgan fingerprint density at radius 3 is 2.86 bits per heavy atom. The zero-order chi connectivity index (χ0) is 10.1. The standard InChI is InChI=1S/C10H12N2OS/c1-6(2)9-8(10(11)12-13-9)7-4-3-5-14-7/h3-6H,1-2H3,(H2,11,12). The zero-order valence-electron chi connectivity index (χ0n) is 8.15. The minimum atomic E-state index is 0.303. The summed E-state index contributed by atoms with van der Waals surface area (Å²) in [6, 6.07) is 4.02. The molecule has 2 heterocycles. The molecule has 3 nitrogen and oxygen atoms in total. The van der Waals surface area contributed by atoms with Crippen molar-refractivity contribution < 1.29 is 4.52 Å². The molecular weight excluding hydrogens is 196 g/mol. The van der Waals surface area contributed by atoms with E-state index in [1.54, 1.807) is 11.3 Å². The van der Waals surface area contributed by atoms with Crippen LogP contribution in [0.4, 0.5) is 5.82 Å². The van der Waals surface area contributed by atoms with Crippen molar-refractivity contribution in [3.05, 3.63) is 23.3 Å². The molecular formula is C10H12N2OS. The van der Waals surface area contributed by atoms with E-state index in [0.29, 0.717) is 11.7 Å². The molecule has 74 valence electrons. The molecule has 0 fully saturated rings. The maximum atomic E-state index is 5.77. The van der Waals surface area contributed by atoms with Gasteiger partial charge in [0.1, 0.15) is 5.76 Å². The third-order valence-electron chi connectivity index (χ3n) is 2.04. The maximum absolute atomic E-state index is 5.77. The second-order valence-corrected chi connectivity index (χ2v) is 4.39. The summed E-state index contributed by atoms with van der Waals surface area (Å²) in [5.74, 6) is 1.65. The van der Waals surface area contributed by atoms with E-state index in [0.717, 1.165) is 16.2 Å². The van der Waals surface area contributed by atoms with E-state index in [1.165, 1.54) is 0 Å². The Morgan fingerprint density at radius 2 is 2.29 bits per heavy atom. The molecule has 0 radical (unpaired) electrons. The van der Waals surface area contributed by atoms with Crippen molar-refractivity contribution in [3.63, 3.8) is 0 Å². The average Bonchev–Trinajstić information content (AvgIpc) is 2.71. The monoisotopic (exact) mass is 208 g/mol. The number of rotatable bonds is 2. The molecule has 0 aliphatic rings. The predicted octanol–water partition coefficient (Wildman–Crippen LogP) is 3.11. The molecule has 0 saturated carbocycles. The first-order chi connectivity index (χ1) is 6.70. The molecule has 0 spiro atoms. The fourth-order valence-corrected chi connectivity index (χ4v) is 2.16. The van der Waals surface area contributed by atoms with Crippen LogP contribution in [0.1, 0.15) is 25.5 Å². The first kappa shape index (κ1) is 9.27. The van der Waals surface area contributed by atoms with Gasteiger partial charge in [-0.3, -0.25) is 0 Å². The van der Waals surface area contributed by atoms with Crippen LogP contribution in [0.25, 0.3) is 10.4 Å². The van der Waals surface area contributed by atoms with E-state index < -0.39 is 0 Å². The quantitative estimate of drug-likeness (QED) is 0.825. The number of aromatic nitrogens is 1. The summed E-state index contributed by atoms with van der Waals surface area (Å²) in [5, 5.41) is 5.82. The van der Waals surface area contributed by atoms with Crippen molar-refractivity contribution in [1.82, 2.24) is 5.16 Å². The molecule has 14 heavy (non-hydrogen) atoms. The highest BCUT2D eigenvalue weighted by Crippen LogP contribution is 2.36. The van der Waals surface area contributed by atoms with Gasteiger partial charge in [0.25, 0.3) is 0 Å². The molecule has 0 aromatic carbocycles. The lowest BCUT2D eigenvalue weighted by Gasteiger charge is -2.01. The van der Waals surface area contributed by atoms with Crippen LogP contribution in [0.2, 0.25) is 0 Å². The van der Waals surface area contributed by atoms with Crippen molar-refractivity contribution >= 4 is 17.2 Å². The largest absolute Gasteiger partial charge is 0.380 e. The first-order valence-electron chi connectivity index (χ1n) is 4.49. The minimum Gasteiger partial charge on any atom is -0.380 e. The van der Waals surface area contributed by atoms with Gasteiger partial charge in [0, 0.05) is 10.8 Å². The van der Waals surface area contributed by atoms with Gasteiger partial charge in [0.05, 0.1) is 5.56 Å². The van der Waals surface area contributed by atoms with Crippen LogP contribution < -0.4 is 5.73 Å². The van der Waals surface area contributed by atoms with Gasteiger partial charge in [0.2, 0.25) is 0 Å². The van der Waals surface area contributed by atoms with Gasteiger partial charge in [-0.05, 0) is 11.4 Å². The SMILES string of the molecule is CC(C)c1onc(N)c1-c1cccs1. The highest BCUT2D eigenvalue weighted by molar-refractivity contribution is 7.13. The highest BCUT2D eigenvalue weighted by atomic mass is 32.1. The number of nitrogen functional groups attached to an aromatic ring is 1. The third kappa shape index (κ3) is 1.42.